The standard InChI is InChI=1S/C26H23N5O2/c27-15-25(9-11-33-12-10-25)18-4-1-16(2-5-18)21-14-29-23(28)22(30-21)17-3-6-19-20(13-17)26(7-8-26)31-24(19)32/h1-6,13-14H,7-12H2,(H2,28,29)(H,31,32). The Bertz CT molecular complexity index is 1320. The number of rotatable bonds is 3. The maximum Gasteiger partial charge on any atom is 0.252 e. The fraction of sp³-hybridized carbons (Fsp3) is 0.308. The van der Waals surface area contributed by atoms with E-state index in [0.29, 0.717) is 43.3 Å². The first-order valence-corrected chi connectivity index (χ1v) is 11.2. The molecule has 7 heteroatoms. The number of benzene rings is 2. The van der Waals surface area contributed by atoms with E-state index in [4.69, 9.17) is 15.5 Å². The molecule has 2 aromatic carbocycles. The van der Waals surface area contributed by atoms with Crippen molar-refractivity contribution in [2.75, 3.05) is 18.9 Å². The van der Waals surface area contributed by atoms with Gasteiger partial charge in [-0.25, -0.2) is 9.97 Å². The molecule has 2 fully saturated rings. The molecule has 1 spiro atoms. The lowest BCUT2D eigenvalue weighted by atomic mass is 9.75. The average molecular weight is 438 g/mol. The summed E-state index contributed by atoms with van der Waals surface area (Å²) >= 11 is 0. The zero-order valence-electron chi connectivity index (χ0n) is 18.1. The number of amides is 1. The minimum atomic E-state index is -0.497. The van der Waals surface area contributed by atoms with Crippen molar-refractivity contribution in [1.29, 1.82) is 5.26 Å². The molecule has 3 aliphatic rings. The number of hydrogen-bond acceptors (Lipinski definition) is 6. The summed E-state index contributed by atoms with van der Waals surface area (Å²) in [6, 6.07) is 16.3. The van der Waals surface area contributed by atoms with Crippen LogP contribution in [0.4, 0.5) is 5.82 Å². The summed E-state index contributed by atoms with van der Waals surface area (Å²) < 4.78 is 5.45. The lowest BCUT2D eigenvalue weighted by molar-refractivity contribution is 0.0675. The molecule has 1 aromatic heterocycles. The number of nitrogens with two attached hydrogens (primary N) is 1. The number of nitrogens with one attached hydrogen (secondary N) is 1. The Morgan fingerprint density at radius 2 is 1.76 bits per heavy atom. The zero-order chi connectivity index (χ0) is 22.6. The van der Waals surface area contributed by atoms with Gasteiger partial charge in [-0.15, -0.1) is 0 Å². The van der Waals surface area contributed by atoms with Gasteiger partial charge in [-0.3, -0.25) is 4.79 Å². The third-order valence-corrected chi connectivity index (χ3v) is 7.25. The van der Waals surface area contributed by atoms with Crippen molar-refractivity contribution >= 4 is 11.7 Å². The molecule has 0 unspecified atom stereocenters. The molecule has 0 radical (unpaired) electrons. The van der Waals surface area contributed by atoms with E-state index in [9.17, 15) is 10.1 Å². The predicted molar refractivity (Wildman–Crippen MR) is 123 cm³/mol. The molecule has 3 aromatic rings. The van der Waals surface area contributed by atoms with Crippen LogP contribution in [0.3, 0.4) is 0 Å². The lowest BCUT2D eigenvalue weighted by Crippen LogP contribution is -2.32. The van der Waals surface area contributed by atoms with Gasteiger partial charge in [0.2, 0.25) is 0 Å². The van der Waals surface area contributed by atoms with Gasteiger partial charge >= 0.3 is 0 Å². The minimum Gasteiger partial charge on any atom is -0.382 e. The highest BCUT2D eigenvalue weighted by Crippen LogP contribution is 2.51. The summed E-state index contributed by atoms with van der Waals surface area (Å²) in [5, 5.41) is 12.9. The molecular weight excluding hydrogens is 414 g/mol. The van der Waals surface area contributed by atoms with E-state index >= 15 is 0 Å². The molecule has 1 saturated heterocycles. The van der Waals surface area contributed by atoms with Crippen molar-refractivity contribution < 1.29 is 9.53 Å². The van der Waals surface area contributed by atoms with E-state index in [1.807, 2.05) is 42.5 Å². The van der Waals surface area contributed by atoms with Crippen LogP contribution in [0.15, 0.2) is 48.7 Å². The molecule has 6 rings (SSSR count). The van der Waals surface area contributed by atoms with Gasteiger partial charge in [0.15, 0.2) is 0 Å². The smallest absolute Gasteiger partial charge is 0.252 e. The fourth-order valence-corrected chi connectivity index (χ4v) is 5.05. The third-order valence-electron chi connectivity index (χ3n) is 7.25. The first-order valence-electron chi connectivity index (χ1n) is 11.2. The molecule has 0 bridgehead atoms. The second kappa shape index (κ2) is 7.12. The summed E-state index contributed by atoms with van der Waals surface area (Å²) in [6.45, 7) is 1.20. The number of aromatic nitrogens is 2. The SMILES string of the molecule is N#CC1(c2ccc(-c3cnc(N)c(-c4ccc5c(c4)C4(CC4)NC5=O)n3)cc2)CCOCC1. The Morgan fingerprint density at radius 1 is 1.03 bits per heavy atom. The zero-order valence-corrected chi connectivity index (χ0v) is 18.1. The van der Waals surface area contributed by atoms with Crippen LogP contribution in [-0.2, 0) is 15.7 Å². The summed E-state index contributed by atoms with van der Waals surface area (Å²) in [5.74, 6) is 0.338. The van der Waals surface area contributed by atoms with Gasteiger partial charge < -0.3 is 15.8 Å². The van der Waals surface area contributed by atoms with E-state index < -0.39 is 5.41 Å². The van der Waals surface area contributed by atoms with Crippen molar-refractivity contribution in [1.82, 2.24) is 15.3 Å². The van der Waals surface area contributed by atoms with Crippen LogP contribution >= 0.6 is 0 Å². The number of nitrogen functional groups attached to an aromatic ring is 1. The number of carbonyl (C=O) groups is 1. The van der Waals surface area contributed by atoms with Crippen LogP contribution in [0.25, 0.3) is 22.5 Å². The molecule has 1 saturated carbocycles. The highest BCUT2D eigenvalue weighted by Gasteiger charge is 2.52. The van der Waals surface area contributed by atoms with Crippen LogP contribution in [-0.4, -0.2) is 29.1 Å². The first kappa shape index (κ1) is 19.9. The predicted octanol–water partition coefficient (Wildman–Crippen LogP) is 3.70. The molecule has 0 atom stereocenters. The lowest BCUT2D eigenvalue weighted by Gasteiger charge is -2.31. The first-order chi connectivity index (χ1) is 16.0. The molecule has 1 aliphatic carbocycles. The number of carbonyl (C=O) groups excluding carboxylic acids is 1. The molecule has 33 heavy (non-hydrogen) atoms. The highest BCUT2D eigenvalue weighted by atomic mass is 16.5. The van der Waals surface area contributed by atoms with Gasteiger partial charge in [0.1, 0.15) is 11.5 Å². The molecule has 2 aliphatic heterocycles. The maximum absolute atomic E-state index is 12.3. The number of ether oxygens (including phenoxy) is 1. The van der Waals surface area contributed by atoms with E-state index in [2.05, 4.69) is 16.4 Å². The number of fused-ring (bicyclic) bond motifs is 2. The Kier molecular flexibility index (Phi) is 4.29. The van der Waals surface area contributed by atoms with Crippen molar-refractivity contribution in [3.05, 3.63) is 65.4 Å². The Hall–Kier alpha value is -3.76. The Balaban J connectivity index is 1.35. The van der Waals surface area contributed by atoms with E-state index in [0.717, 1.165) is 40.7 Å². The van der Waals surface area contributed by atoms with Crippen molar-refractivity contribution in [3.63, 3.8) is 0 Å². The normalized spacial score (nSPS) is 19.5. The van der Waals surface area contributed by atoms with Crippen LogP contribution < -0.4 is 11.1 Å². The van der Waals surface area contributed by atoms with E-state index in [1.165, 1.54) is 0 Å². The largest absolute Gasteiger partial charge is 0.382 e. The van der Waals surface area contributed by atoms with Gasteiger partial charge in [-0.2, -0.15) is 5.26 Å². The van der Waals surface area contributed by atoms with Gasteiger partial charge in [-0.05, 0) is 48.9 Å². The fourth-order valence-electron chi connectivity index (χ4n) is 5.05. The Morgan fingerprint density at radius 3 is 2.45 bits per heavy atom. The van der Waals surface area contributed by atoms with Crippen LogP contribution in [0.5, 0.6) is 0 Å². The topological polar surface area (TPSA) is 114 Å². The maximum atomic E-state index is 12.3. The number of hydrogen-bond donors (Lipinski definition) is 2. The molecule has 3 N–H and O–H groups in total. The van der Waals surface area contributed by atoms with Crippen LogP contribution in [0.2, 0.25) is 0 Å². The number of anilines is 1. The average Bonchev–Trinajstić information content (AvgIpc) is 3.59. The monoisotopic (exact) mass is 437 g/mol. The van der Waals surface area contributed by atoms with Gasteiger partial charge in [0, 0.05) is 29.9 Å². The summed E-state index contributed by atoms with van der Waals surface area (Å²) in [5.41, 5.74) is 11.3. The second-order valence-electron chi connectivity index (χ2n) is 9.17. The third kappa shape index (κ3) is 3.10. The number of nitriles is 1. The van der Waals surface area contributed by atoms with Crippen molar-refractivity contribution in [2.24, 2.45) is 0 Å². The van der Waals surface area contributed by atoms with Gasteiger partial charge in [0.25, 0.3) is 5.91 Å². The van der Waals surface area contributed by atoms with Crippen molar-refractivity contribution in [3.8, 4) is 28.6 Å². The summed E-state index contributed by atoms with van der Waals surface area (Å²) in [7, 11) is 0. The van der Waals surface area contributed by atoms with Crippen LogP contribution in [0, 0.1) is 11.3 Å². The van der Waals surface area contributed by atoms with E-state index in [-0.39, 0.29) is 11.4 Å². The van der Waals surface area contributed by atoms with Gasteiger partial charge in [-0.1, -0.05) is 30.3 Å². The number of nitrogens with zero attached hydrogens (tertiary/aromatic N) is 3. The Labute approximate surface area is 191 Å². The van der Waals surface area contributed by atoms with Crippen LogP contribution in [0.1, 0.15) is 47.2 Å². The summed E-state index contributed by atoms with van der Waals surface area (Å²) in [4.78, 5) is 21.5. The second-order valence-corrected chi connectivity index (χ2v) is 9.17. The minimum absolute atomic E-state index is 0.0124. The highest BCUT2D eigenvalue weighted by molar-refractivity contribution is 6.01. The molecular formula is C26H23N5O2. The molecule has 164 valence electrons. The molecule has 7 nitrogen and oxygen atoms in total. The molecule has 1 amide bonds. The van der Waals surface area contributed by atoms with Gasteiger partial charge in [0.05, 0.1) is 28.9 Å². The summed E-state index contributed by atoms with van der Waals surface area (Å²) in [6.07, 6.45) is 4.99. The van der Waals surface area contributed by atoms with E-state index in [1.54, 1.807) is 6.20 Å². The quantitative estimate of drug-likeness (QED) is 0.646. The molecule has 3 heterocycles. The van der Waals surface area contributed by atoms with Crippen molar-refractivity contribution in [2.45, 2.75) is 36.6 Å².